The van der Waals surface area contributed by atoms with Gasteiger partial charge in [0.1, 0.15) is 5.75 Å². The van der Waals surface area contributed by atoms with Crippen molar-refractivity contribution in [2.45, 2.75) is 18.7 Å². The monoisotopic (exact) mass is 358 g/mol. The van der Waals surface area contributed by atoms with Gasteiger partial charge in [-0.05, 0) is 38.1 Å². The minimum Gasteiger partial charge on any atom is -0.497 e. The summed E-state index contributed by atoms with van der Waals surface area (Å²) in [7, 11) is -0.101. The highest BCUT2D eigenvalue weighted by Crippen LogP contribution is 2.16. The van der Waals surface area contributed by atoms with Crippen molar-refractivity contribution in [2.75, 3.05) is 20.2 Å². The van der Waals surface area contributed by atoms with Crippen LogP contribution < -0.4 is 4.74 Å². The van der Waals surface area contributed by atoms with E-state index in [-0.39, 0.29) is 11.6 Å². The molecular weight excluding hydrogens is 336 g/mol. The molecular formula is C19H22N2O3S. The summed E-state index contributed by atoms with van der Waals surface area (Å²) in [5.41, 5.74) is 0.528. The first-order chi connectivity index (χ1) is 12.1. The fourth-order valence-electron chi connectivity index (χ4n) is 2.31. The molecule has 0 aliphatic carbocycles. The van der Waals surface area contributed by atoms with Gasteiger partial charge >= 0.3 is 0 Å². The first-order valence-electron chi connectivity index (χ1n) is 8.10. The number of Topliss-reactive ketones (excluding diaryl/α,β-unsaturated/α-hetero) is 1. The van der Waals surface area contributed by atoms with Gasteiger partial charge in [0.15, 0.2) is 16.8 Å². The number of carbonyl (C=O) groups excluding carboxylic acids is 1. The Morgan fingerprint density at radius 3 is 2.16 bits per heavy atom. The maximum atomic E-state index is 12.8. The molecule has 0 radical (unpaired) electrons. The Morgan fingerprint density at radius 1 is 1.04 bits per heavy atom. The molecule has 0 aromatic heterocycles. The lowest BCUT2D eigenvalue weighted by atomic mass is 10.1. The van der Waals surface area contributed by atoms with Crippen LogP contribution in [-0.2, 0) is 11.0 Å². The normalized spacial score (nSPS) is 12.5. The van der Waals surface area contributed by atoms with Gasteiger partial charge in [0.2, 0.25) is 5.78 Å². The van der Waals surface area contributed by atoms with Crippen LogP contribution in [0.5, 0.6) is 5.75 Å². The van der Waals surface area contributed by atoms with Crippen LogP contribution in [0.4, 0.5) is 0 Å². The van der Waals surface area contributed by atoms with E-state index in [1.807, 2.05) is 24.8 Å². The van der Waals surface area contributed by atoms with Crippen molar-refractivity contribution >= 4 is 22.6 Å². The molecule has 0 saturated carbocycles. The summed E-state index contributed by atoms with van der Waals surface area (Å²) < 4.78 is 22.0. The second-order valence-electron chi connectivity index (χ2n) is 5.21. The molecule has 0 N–H and O–H groups in total. The number of hydrogen-bond acceptors (Lipinski definition) is 3. The van der Waals surface area contributed by atoms with E-state index in [4.69, 9.17) is 4.74 Å². The van der Waals surface area contributed by atoms with Crippen LogP contribution in [0, 0.1) is 0 Å². The lowest BCUT2D eigenvalue weighted by molar-refractivity contribution is 0.105. The lowest BCUT2D eigenvalue weighted by Crippen LogP contribution is -2.37. The van der Waals surface area contributed by atoms with E-state index < -0.39 is 11.0 Å². The SMILES string of the molecule is CCN(CC)/C(=N\S(=O)c1ccc(OC)cc1)C(=O)c1ccccc1. The zero-order chi connectivity index (χ0) is 18.2. The summed E-state index contributed by atoms with van der Waals surface area (Å²) in [6.07, 6.45) is 0. The van der Waals surface area contributed by atoms with Gasteiger partial charge in [0.25, 0.3) is 0 Å². The van der Waals surface area contributed by atoms with Crippen molar-refractivity contribution in [3.05, 3.63) is 60.2 Å². The number of methoxy groups -OCH3 is 1. The summed E-state index contributed by atoms with van der Waals surface area (Å²) in [5.74, 6) is 0.658. The van der Waals surface area contributed by atoms with E-state index in [0.717, 1.165) is 0 Å². The molecule has 1 atom stereocenters. The highest BCUT2D eigenvalue weighted by Gasteiger charge is 2.20. The number of nitrogens with zero attached hydrogens (tertiary/aromatic N) is 2. The standard InChI is InChI=1S/C19H22N2O3S/c1-4-21(5-2)19(18(22)15-9-7-6-8-10-15)20-25(23)17-13-11-16(24-3)12-14-17/h6-14H,4-5H2,1-3H3/b20-19-. The van der Waals surface area contributed by atoms with Crippen LogP contribution in [0.15, 0.2) is 63.9 Å². The topological polar surface area (TPSA) is 59.0 Å². The number of benzene rings is 2. The van der Waals surface area contributed by atoms with Crippen LogP contribution in [0.1, 0.15) is 24.2 Å². The third-order valence-corrected chi connectivity index (χ3v) is 4.75. The van der Waals surface area contributed by atoms with Gasteiger partial charge in [0, 0.05) is 18.7 Å². The molecule has 2 aromatic rings. The highest BCUT2D eigenvalue weighted by molar-refractivity contribution is 7.84. The first-order valence-corrected chi connectivity index (χ1v) is 9.20. The number of ketones is 1. The molecule has 0 amide bonds. The minimum absolute atomic E-state index is 0.213. The van der Waals surface area contributed by atoms with Crippen molar-refractivity contribution in [1.82, 2.24) is 4.90 Å². The molecule has 2 aromatic carbocycles. The number of likely N-dealkylation sites (N-methyl/N-ethyl adjacent to an activating group) is 1. The molecule has 0 heterocycles. The Hall–Kier alpha value is -2.47. The van der Waals surface area contributed by atoms with Crippen LogP contribution in [0.2, 0.25) is 0 Å². The fourth-order valence-corrected chi connectivity index (χ4v) is 3.14. The molecule has 0 aliphatic heterocycles. The summed E-state index contributed by atoms with van der Waals surface area (Å²) >= 11 is 0. The van der Waals surface area contributed by atoms with E-state index in [0.29, 0.717) is 29.3 Å². The van der Waals surface area contributed by atoms with Crippen LogP contribution >= 0.6 is 0 Å². The van der Waals surface area contributed by atoms with Gasteiger partial charge in [0.05, 0.1) is 12.0 Å². The Balaban J connectivity index is 2.38. The Kier molecular flexibility index (Phi) is 6.89. The first kappa shape index (κ1) is 18.9. The molecule has 0 spiro atoms. The molecule has 0 aliphatic rings. The van der Waals surface area contributed by atoms with Crippen LogP contribution in [-0.4, -0.2) is 40.9 Å². The van der Waals surface area contributed by atoms with Gasteiger partial charge in [-0.2, -0.15) is 4.40 Å². The quantitative estimate of drug-likeness (QED) is 0.433. The fraction of sp³-hybridized carbons (Fsp3) is 0.263. The summed E-state index contributed by atoms with van der Waals surface area (Å²) in [5, 5.41) is 0. The van der Waals surface area contributed by atoms with E-state index >= 15 is 0 Å². The third kappa shape index (κ3) is 4.76. The van der Waals surface area contributed by atoms with Crippen molar-refractivity contribution in [2.24, 2.45) is 4.40 Å². The van der Waals surface area contributed by atoms with E-state index in [2.05, 4.69) is 4.40 Å². The maximum Gasteiger partial charge on any atom is 0.228 e. The van der Waals surface area contributed by atoms with Crippen molar-refractivity contribution in [3.8, 4) is 5.75 Å². The van der Waals surface area contributed by atoms with Gasteiger partial charge in [-0.3, -0.25) is 4.79 Å². The predicted molar refractivity (Wildman–Crippen MR) is 101 cm³/mol. The Bertz CT molecular complexity index is 754. The third-order valence-electron chi connectivity index (χ3n) is 3.73. The van der Waals surface area contributed by atoms with E-state index in [1.54, 1.807) is 55.6 Å². The molecule has 132 valence electrons. The number of carbonyl (C=O) groups is 1. The number of amidine groups is 1. The largest absolute Gasteiger partial charge is 0.497 e. The van der Waals surface area contributed by atoms with E-state index in [9.17, 15) is 9.00 Å². The zero-order valence-electron chi connectivity index (χ0n) is 14.6. The smallest absolute Gasteiger partial charge is 0.228 e. The second kappa shape index (κ2) is 9.13. The molecule has 2 rings (SSSR count). The average Bonchev–Trinajstić information content (AvgIpc) is 2.68. The van der Waals surface area contributed by atoms with Gasteiger partial charge in [-0.1, -0.05) is 30.3 Å². The maximum absolute atomic E-state index is 12.8. The predicted octanol–water partition coefficient (Wildman–Crippen LogP) is 3.34. The Morgan fingerprint density at radius 2 is 1.64 bits per heavy atom. The molecule has 6 heteroatoms. The van der Waals surface area contributed by atoms with Gasteiger partial charge in [-0.25, -0.2) is 4.21 Å². The summed E-state index contributed by atoms with van der Waals surface area (Å²) in [4.78, 5) is 15.2. The van der Waals surface area contributed by atoms with Gasteiger partial charge in [-0.15, -0.1) is 0 Å². The zero-order valence-corrected chi connectivity index (χ0v) is 15.5. The van der Waals surface area contributed by atoms with Crippen molar-refractivity contribution in [3.63, 3.8) is 0 Å². The van der Waals surface area contributed by atoms with Crippen molar-refractivity contribution < 1.29 is 13.7 Å². The molecule has 25 heavy (non-hydrogen) atoms. The molecule has 5 nitrogen and oxygen atoms in total. The summed E-state index contributed by atoms with van der Waals surface area (Å²) in [6, 6.07) is 15.7. The molecule has 1 unspecified atom stereocenters. The number of hydrogen-bond donors (Lipinski definition) is 0. The molecule has 0 saturated heterocycles. The molecule has 0 bridgehead atoms. The van der Waals surface area contributed by atoms with Crippen molar-refractivity contribution in [1.29, 1.82) is 0 Å². The molecule has 0 fully saturated rings. The second-order valence-corrected chi connectivity index (χ2v) is 6.36. The summed E-state index contributed by atoms with van der Waals surface area (Å²) in [6.45, 7) is 5.09. The minimum atomic E-state index is -1.67. The highest BCUT2D eigenvalue weighted by atomic mass is 32.2. The van der Waals surface area contributed by atoms with Gasteiger partial charge < -0.3 is 9.64 Å². The Labute approximate surface area is 150 Å². The van der Waals surface area contributed by atoms with Crippen LogP contribution in [0.25, 0.3) is 0 Å². The average molecular weight is 358 g/mol. The number of ether oxygens (including phenoxy) is 1. The van der Waals surface area contributed by atoms with E-state index in [1.165, 1.54) is 0 Å². The lowest BCUT2D eigenvalue weighted by Gasteiger charge is -2.21. The number of rotatable bonds is 7. The van der Waals surface area contributed by atoms with Crippen LogP contribution in [0.3, 0.4) is 0 Å².